The molecular formula is C17H20IN3O. The molecule has 0 saturated carbocycles. The summed E-state index contributed by atoms with van der Waals surface area (Å²) in [4.78, 5) is 7.11. The van der Waals surface area contributed by atoms with Gasteiger partial charge in [0.15, 0.2) is 5.82 Å². The Hall–Kier alpha value is -0.950. The van der Waals surface area contributed by atoms with Crippen molar-refractivity contribution in [3.63, 3.8) is 0 Å². The van der Waals surface area contributed by atoms with Crippen LogP contribution in [0.4, 0.5) is 0 Å². The number of benzene rings is 1. The topological polar surface area (TPSA) is 42.2 Å². The van der Waals surface area contributed by atoms with Gasteiger partial charge in [-0.25, -0.2) is 0 Å². The number of fused-ring (bicyclic) bond motifs is 2. The molecule has 0 radical (unpaired) electrons. The van der Waals surface area contributed by atoms with Crippen LogP contribution < -0.4 is 0 Å². The summed E-state index contributed by atoms with van der Waals surface area (Å²) in [6.45, 7) is 1.90. The number of aromatic nitrogens is 2. The Kier molecular flexibility index (Phi) is 3.72. The molecule has 0 amide bonds. The molecule has 4 atom stereocenters. The summed E-state index contributed by atoms with van der Waals surface area (Å²) in [5, 5.41) is 4.04. The maximum Gasteiger partial charge on any atom is 0.231 e. The fraction of sp³-hybridized carbons (Fsp3) is 0.529. The Bertz CT molecular complexity index is 669. The van der Waals surface area contributed by atoms with Crippen molar-refractivity contribution in [2.45, 2.75) is 50.1 Å². The van der Waals surface area contributed by atoms with Gasteiger partial charge in [0.05, 0.1) is 5.92 Å². The van der Waals surface area contributed by atoms with Crippen LogP contribution in [0.1, 0.15) is 48.4 Å². The van der Waals surface area contributed by atoms with Crippen LogP contribution in [-0.4, -0.2) is 34.2 Å². The summed E-state index contributed by atoms with van der Waals surface area (Å²) in [6.07, 6.45) is 3.69. The highest BCUT2D eigenvalue weighted by molar-refractivity contribution is 14.1. The molecule has 4 nitrogen and oxygen atoms in total. The summed E-state index contributed by atoms with van der Waals surface area (Å²) in [5.74, 6) is 2.34. The summed E-state index contributed by atoms with van der Waals surface area (Å²) in [5.41, 5.74) is 1.41. The van der Waals surface area contributed by atoms with Gasteiger partial charge in [-0.2, -0.15) is 4.98 Å². The standard InChI is InChI=1S/C17H20IN3O/c1-10-19-17(22-20-10)16-14(11-3-5-12(18)6-4-11)9-13-7-8-15(16)21(13)2/h3-6,13-16H,7-9H2,1-2H3. The van der Waals surface area contributed by atoms with Crippen molar-refractivity contribution in [2.75, 3.05) is 7.05 Å². The largest absolute Gasteiger partial charge is 0.339 e. The number of rotatable bonds is 2. The number of hydrogen-bond donors (Lipinski definition) is 0. The molecule has 3 heterocycles. The van der Waals surface area contributed by atoms with Crippen molar-refractivity contribution in [2.24, 2.45) is 0 Å². The molecule has 2 aliphatic heterocycles. The molecule has 1 aromatic heterocycles. The minimum absolute atomic E-state index is 0.310. The normalized spacial score (nSPS) is 31.6. The number of aryl methyl sites for hydroxylation is 1. The van der Waals surface area contributed by atoms with Gasteiger partial charge in [-0.3, -0.25) is 4.90 Å². The van der Waals surface area contributed by atoms with Gasteiger partial charge in [0.1, 0.15) is 0 Å². The molecule has 2 saturated heterocycles. The van der Waals surface area contributed by atoms with Crippen LogP contribution in [0, 0.1) is 10.5 Å². The molecule has 2 bridgehead atoms. The molecule has 2 aliphatic rings. The third kappa shape index (κ3) is 2.38. The number of nitrogens with zero attached hydrogens (tertiary/aromatic N) is 3. The van der Waals surface area contributed by atoms with Crippen molar-refractivity contribution in [3.8, 4) is 0 Å². The van der Waals surface area contributed by atoms with Crippen molar-refractivity contribution in [1.29, 1.82) is 0 Å². The third-order valence-corrected chi connectivity index (χ3v) is 6.11. The average molecular weight is 409 g/mol. The second-order valence-corrected chi connectivity index (χ2v) is 7.81. The zero-order chi connectivity index (χ0) is 15.3. The lowest BCUT2D eigenvalue weighted by Gasteiger charge is -2.41. The zero-order valence-electron chi connectivity index (χ0n) is 12.9. The lowest BCUT2D eigenvalue weighted by Crippen LogP contribution is -2.44. The van der Waals surface area contributed by atoms with Gasteiger partial charge in [-0.15, -0.1) is 0 Å². The first kappa shape index (κ1) is 14.6. The summed E-state index contributed by atoms with van der Waals surface area (Å²) >= 11 is 2.36. The molecule has 1 aromatic carbocycles. The number of halogens is 1. The lowest BCUT2D eigenvalue weighted by atomic mass is 9.76. The van der Waals surface area contributed by atoms with Gasteiger partial charge in [0.25, 0.3) is 0 Å². The van der Waals surface area contributed by atoms with E-state index in [0.29, 0.717) is 23.9 Å². The maximum absolute atomic E-state index is 5.59. The maximum atomic E-state index is 5.59. The molecule has 4 rings (SSSR count). The van der Waals surface area contributed by atoms with Crippen LogP contribution in [0.2, 0.25) is 0 Å². The molecule has 2 fully saturated rings. The Balaban J connectivity index is 1.76. The Morgan fingerprint density at radius 2 is 2.00 bits per heavy atom. The first-order valence-electron chi connectivity index (χ1n) is 7.91. The molecule has 4 unspecified atom stereocenters. The van der Waals surface area contributed by atoms with Crippen LogP contribution >= 0.6 is 22.6 Å². The summed E-state index contributed by atoms with van der Waals surface area (Å²) in [6, 6.07) is 10.1. The molecule has 2 aromatic rings. The van der Waals surface area contributed by atoms with Crippen molar-refractivity contribution < 1.29 is 4.52 Å². The van der Waals surface area contributed by atoms with E-state index in [9.17, 15) is 0 Å². The monoisotopic (exact) mass is 409 g/mol. The highest BCUT2D eigenvalue weighted by Crippen LogP contribution is 2.50. The van der Waals surface area contributed by atoms with Gasteiger partial charge in [0.2, 0.25) is 5.89 Å². The molecule has 0 aliphatic carbocycles. The van der Waals surface area contributed by atoms with Crippen LogP contribution in [0.15, 0.2) is 28.8 Å². The molecule has 0 spiro atoms. The van der Waals surface area contributed by atoms with Gasteiger partial charge in [-0.1, -0.05) is 17.3 Å². The van der Waals surface area contributed by atoms with Crippen LogP contribution in [0.5, 0.6) is 0 Å². The van der Waals surface area contributed by atoms with Crippen LogP contribution in [0.3, 0.4) is 0 Å². The van der Waals surface area contributed by atoms with E-state index in [1.165, 1.54) is 28.4 Å². The van der Waals surface area contributed by atoms with E-state index in [4.69, 9.17) is 4.52 Å². The Morgan fingerprint density at radius 1 is 1.23 bits per heavy atom. The fourth-order valence-corrected chi connectivity index (χ4v) is 4.66. The van der Waals surface area contributed by atoms with Crippen LogP contribution in [-0.2, 0) is 0 Å². The number of piperidine rings is 1. The molecule has 22 heavy (non-hydrogen) atoms. The zero-order valence-corrected chi connectivity index (χ0v) is 15.0. The fourth-order valence-electron chi connectivity index (χ4n) is 4.30. The van der Waals surface area contributed by atoms with Crippen molar-refractivity contribution in [3.05, 3.63) is 45.1 Å². The average Bonchev–Trinajstić information content (AvgIpc) is 3.02. The van der Waals surface area contributed by atoms with Crippen LogP contribution in [0.25, 0.3) is 0 Å². The van der Waals surface area contributed by atoms with Gasteiger partial charge < -0.3 is 4.52 Å². The van der Waals surface area contributed by atoms with Crippen molar-refractivity contribution >= 4 is 22.6 Å². The molecular weight excluding hydrogens is 389 g/mol. The van der Waals surface area contributed by atoms with E-state index < -0.39 is 0 Å². The predicted molar refractivity (Wildman–Crippen MR) is 92.9 cm³/mol. The second-order valence-electron chi connectivity index (χ2n) is 6.56. The SMILES string of the molecule is Cc1noc(C2C(c3ccc(I)cc3)CC3CCC2N3C)n1. The first-order chi connectivity index (χ1) is 10.6. The summed E-state index contributed by atoms with van der Waals surface area (Å²) < 4.78 is 6.87. The lowest BCUT2D eigenvalue weighted by molar-refractivity contribution is 0.120. The Morgan fingerprint density at radius 3 is 2.68 bits per heavy atom. The van der Waals surface area contributed by atoms with E-state index in [-0.39, 0.29) is 0 Å². The highest BCUT2D eigenvalue weighted by atomic mass is 127. The Labute approximate surface area is 144 Å². The second kappa shape index (κ2) is 5.60. The van der Waals surface area contributed by atoms with E-state index in [1.54, 1.807) is 0 Å². The quantitative estimate of drug-likeness (QED) is 0.710. The molecule has 116 valence electrons. The van der Waals surface area contributed by atoms with Gasteiger partial charge in [-0.05, 0) is 79.4 Å². The number of hydrogen-bond acceptors (Lipinski definition) is 4. The van der Waals surface area contributed by atoms with E-state index >= 15 is 0 Å². The van der Waals surface area contributed by atoms with E-state index in [0.717, 1.165) is 11.7 Å². The minimum Gasteiger partial charge on any atom is -0.339 e. The molecule has 5 heteroatoms. The van der Waals surface area contributed by atoms with E-state index in [2.05, 4.69) is 68.9 Å². The summed E-state index contributed by atoms with van der Waals surface area (Å²) in [7, 11) is 2.25. The van der Waals surface area contributed by atoms with Gasteiger partial charge in [0, 0.05) is 15.7 Å². The smallest absolute Gasteiger partial charge is 0.231 e. The van der Waals surface area contributed by atoms with E-state index in [1.807, 2.05) is 6.92 Å². The van der Waals surface area contributed by atoms with Gasteiger partial charge >= 0.3 is 0 Å². The number of likely N-dealkylation sites (N-methyl/N-ethyl adjacent to an activating group) is 1. The third-order valence-electron chi connectivity index (χ3n) is 5.40. The molecule has 0 N–H and O–H groups in total. The van der Waals surface area contributed by atoms with Crippen molar-refractivity contribution in [1.82, 2.24) is 15.0 Å². The first-order valence-corrected chi connectivity index (χ1v) is 8.99. The minimum atomic E-state index is 0.310. The predicted octanol–water partition coefficient (Wildman–Crippen LogP) is 3.72. The highest BCUT2D eigenvalue weighted by Gasteiger charge is 2.48.